The molecule has 92 valence electrons. The van der Waals surface area contributed by atoms with Crippen molar-refractivity contribution in [3.63, 3.8) is 0 Å². The number of ether oxygens (including phenoxy) is 2. The van der Waals surface area contributed by atoms with Gasteiger partial charge >= 0.3 is 5.97 Å². The van der Waals surface area contributed by atoms with Gasteiger partial charge in [0.25, 0.3) is 0 Å². The van der Waals surface area contributed by atoms with Crippen LogP contribution in [0, 0.1) is 11.7 Å². The average Bonchev–Trinajstić information content (AvgIpc) is 2.35. The molecule has 1 rings (SSSR count). The van der Waals surface area contributed by atoms with Gasteiger partial charge in [-0.1, -0.05) is 0 Å². The fraction of sp³-hybridized carbons (Fsp3) is 0.333. The molecule has 0 aliphatic rings. The van der Waals surface area contributed by atoms with E-state index < -0.39 is 23.5 Å². The van der Waals surface area contributed by atoms with Gasteiger partial charge in [-0.25, -0.2) is 4.39 Å². The van der Waals surface area contributed by atoms with Crippen LogP contribution >= 0.6 is 0 Å². The maximum absolute atomic E-state index is 13.4. The molecule has 0 heterocycles. The first-order chi connectivity index (χ1) is 8.01. The number of hydrogen-bond donors (Lipinski definition) is 0. The van der Waals surface area contributed by atoms with E-state index in [1.165, 1.54) is 33.3 Å². The number of carbonyl (C=O) groups is 2. The molecule has 1 atom stereocenters. The Bertz CT molecular complexity index is 442. The predicted octanol–water partition coefficient (Wildman–Crippen LogP) is 1.83. The van der Waals surface area contributed by atoms with E-state index in [4.69, 9.17) is 4.74 Å². The summed E-state index contributed by atoms with van der Waals surface area (Å²) in [5.41, 5.74) is 0.112. The van der Waals surface area contributed by atoms with Crippen LogP contribution in [-0.2, 0) is 9.53 Å². The van der Waals surface area contributed by atoms with Gasteiger partial charge in [-0.15, -0.1) is 0 Å². The lowest BCUT2D eigenvalue weighted by molar-refractivity contribution is -0.143. The summed E-state index contributed by atoms with van der Waals surface area (Å²) < 4.78 is 22.5. The zero-order valence-electron chi connectivity index (χ0n) is 9.82. The van der Waals surface area contributed by atoms with Crippen molar-refractivity contribution in [2.24, 2.45) is 5.92 Å². The molecule has 4 nitrogen and oxygen atoms in total. The zero-order valence-corrected chi connectivity index (χ0v) is 9.82. The van der Waals surface area contributed by atoms with Crippen molar-refractivity contribution in [2.45, 2.75) is 6.92 Å². The normalized spacial score (nSPS) is 11.8. The molecule has 0 aliphatic carbocycles. The van der Waals surface area contributed by atoms with Gasteiger partial charge in [-0.05, 0) is 25.1 Å². The molecule has 0 saturated heterocycles. The lowest BCUT2D eigenvalue weighted by Gasteiger charge is -2.09. The number of esters is 1. The molecule has 0 N–H and O–H groups in total. The molecule has 1 aromatic rings. The lowest BCUT2D eigenvalue weighted by Crippen LogP contribution is -2.22. The molecule has 0 fully saturated rings. The molecule has 0 amide bonds. The molecule has 0 radical (unpaired) electrons. The number of hydrogen-bond acceptors (Lipinski definition) is 4. The summed E-state index contributed by atoms with van der Waals surface area (Å²) in [6, 6.07) is 3.79. The minimum Gasteiger partial charge on any atom is -0.494 e. The summed E-state index contributed by atoms with van der Waals surface area (Å²) >= 11 is 0. The SMILES string of the molecule is COC(=O)[C@H](C)C(=O)c1ccc(OC)c(F)c1. The topological polar surface area (TPSA) is 52.6 Å². The number of ketones is 1. The quantitative estimate of drug-likeness (QED) is 0.457. The minimum atomic E-state index is -0.951. The second-order valence-corrected chi connectivity index (χ2v) is 3.46. The Balaban J connectivity index is 2.97. The van der Waals surface area contributed by atoms with E-state index in [9.17, 15) is 14.0 Å². The predicted molar refractivity (Wildman–Crippen MR) is 58.5 cm³/mol. The van der Waals surface area contributed by atoms with Crippen LogP contribution < -0.4 is 4.74 Å². The average molecular weight is 240 g/mol. The van der Waals surface area contributed by atoms with E-state index in [0.29, 0.717) is 0 Å². The van der Waals surface area contributed by atoms with Gasteiger partial charge in [0.05, 0.1) is 14.2 Å². The standard InChI is InChI=1S/C12H13FO4/c1-7(12(15)17-3)11(14)8-4-5-10(16-2)9(13)6-8/h4-7H,1-3H3/t7-/m1/s1. The summed E-state index contributed by atoms with van der Waals surface area (Å²) in [5.74, 6) is -2.68. The molecule has 0 spiro atoms. The highest BCUT2D eigenvalue weighted by Gasteiger charge is 2.24. The smallest absolute Gasteiger partial charge is 0.316 e. The van der Waals surface area contributed by atoms with Crippen LogP contribution in [0.15, 0.2) is 18.2 Å². The third kappa shape index (κ3) is 2.81. The van der Waals surface area contributed by atoms with E-state index in [1.807, 2.05) is 0 Å². The molecule has 17 heavy (non-hydrogen) atoms. The van der Waals surface area contributed by atoms with Crippen LogP contribution in [-0.4, -0.2) is 26.0 Å². The molecular formula is C12H13FO4. The number of carbonyl (C=O) groups excluding carboxylic acids is 2. The van der Waals surface area contributed by atoms with Crippen molar-refractivity contribution in [3.05, 3.63) is 29.6 Å². The van der Waals surface area contributed by atoms with Crippen molar-refractivity contribution < 1.29 is 23.5 Å². The van der Waals surface area contributed by atoms with Crippen molar-refractivity contribution >= 4 is 11.8 Å². The Morgan fingerprint density at radius 1 is 1.29 bits per heavy atom. The minimum absolute atomic E-state index is 0.0484. The van der Waals surface area contributed by atoms with Gasteiger partial charge in [0.15, 0.2) is 17.3 Å². The Labute approximate surface area is 98.3 Å². The maximum Gasteiger partial charge on any atom is 0.316 e. The number of halogens is 1. The van der Waals surface area contributed by atoms with E-state index in [1.54, 1.807) is 0 Å². The molecule has 5 heteroatoms. The van der Waals surface area contributed by atoms with Gasteiger partial charge in [0.2, 0.25) is 0 Å². The molecule has 0 unspecified atom stereocenters. The highest BCUT2D eigenvalue weighted by Crippen LogP contribution is 2.19. The van der Waals surface area contributed by atoms with Crippen molar-refractivity contribution in [1.82, 2.24) is 0 Å². The highest BCUT2D eigenvalue weighted by atomic mass is 19.1. The summed E-state index contributed by atoms with van der Waals surface area (Å²) in [7, 11) is 2.53. The van der Waals surface area contributed by atoms with Crippen LogP contribution in [0.4, 0.5) is 4.39 Å². The first-order valence-corrected chi connectivity index (χ1v) is 4.96. The van der Waals surface area contributed by atoms with Crippen LogP contribution in [0.2, 0.25) is 0 Å². The van der Waals surface area contributed by atoms with Gasteiger partial charge in [-0.2, -0.15) is 0 Å². The van der Waals surface area contributed by atoms with Crippen LogP contribution in [0.3, 0.4) is 0 Å². The molecule has 0 bridgehead atoms. The fourth-order valence-corrected chi connectivity index (χ4v) is 1.35. The van der Waals surface area contributed by atoms with Gasteiger partial charge in [0, 0.05) is 5.56 Å². The van der Waals surface area contributed by atoms with Gasteiger partial charge in [-0.3, -0.25) is 9.59 Å². The number of rotatable bonds is 4. The first kappa shape index (κ1) is 13.2. The highest BCUT2D eigenvalue weighted by molar-refractivity contribution is 6.08. The van der Waals surface area contributed by atoms with E-state index in [-0.39, 0.29) is 11.3 Å². The second kappa shape index (κ2) is 5.43. The van der Waals surface area contributed by atoms with Gasteiger partial charge in [0.1, 0.15) is 5.92 Å². The number of methoxy groups -OCH3 is 2. The van der Waals surface area contributed by atoms with Crippen molar-refractivity contribution in [1.29, 1.82) is 0 Å². The summed E-state index contributed by atoms with van der Waals surface area (Å²) in [5, 5.41) is 0. The fourth-order valence-electron chi connectivity index (χ4n) is 1.35. The molecule has 1 aromatic carbocycles. The molecule has 0 saturated carbocycles. The third-order valence-corrected chi connectivity index (χ3v) is 2.38. The maximum atomic E-state index is 13.4. The van der Waals surface area contributed by atoms with Crippen LogP contribution in [0.5, 0.6) is 5.75 Å². The Kier molecular flexibility index (Phi) is 4.20. The van der Waals surface area contributed by atoms with E-state index in [0.717, 1.165) is 6.07 Å². The van der Waals surface area contributed by atoms with E-state index >= 15 is 0 Å². The summed E-state index contributed by atoms with van der Waals surface area (Å²) in [6.45, 7) is 1.41. The Hall–Kier alpha value is -1.91. The largest absolute Gasteiger partial charge is 0.494 e. The number of benzene rings is 1. The summed E-state index contributed by atoms with van der Waals surface area (Å²) in [4.78, 5) is 23.0. The molecular weight excluding hydrogens is 227 g/mol. The Morgan fingerprint density at radius 2 is 1.94 bits per heavy atom. The summed E-state index contributed by atoms with van der Waals surface area (Å²) in [6.07, 6.45) is 0. The monoisotopic (exact) mass is 240 g/mol. The Morgan fingerprint density at radius 3 is 2.41 bits per heavy atom. The number of Topliss-reactive ketones (excluding diaryl/α,β-unsaturated/α-hetero) is 1. The second-order valence-electron chi connectivity index (χ2n) is 3.46. The third-order valence-electron chi connectivity index (χ3n) is 2.38. The van der Waals surface area contributed by atoms with Gasteiger partial charge < -0.3 is 9.47 Å². The van der Waals surface area contributed by atoms with E-state index in [2.05, 4.69) is 4.74 Å². The van der Waals surface area contributed by atoms with Crippen LogP contribution in [0.25, 0.3) is 0 Å². The molecule has 0 aromatic heterocycles. The van der Waals surface area contributed by atoms with Crippen LogP contribution in [0.1, 0.15) is 17.3 Å². The molecule has 0 aliphatic heterocycles. The first-order valence-electron chi connectivity index (χ1n) is 4.96. The van der Waals surface area contributed by atoms with Crippen molar-refractivity contribution in [2.75, 3.05) is 14.2 Å². The zero-order chi connectivity index (χ0) is 13.0. The van der Waals surface area contributed by atoms with Crippen molar-refractivity contribution in [3.8, 4) is 5.75 Å². The lowest BCUT2D eigenvalue weighted by atomic mass is 9.99.